The van der Waals surface area contributed by atoms with Crippen LogP contribution >= 0.6 is 0 Å². The minimum atomic E-state index is -0.343. The fourth-order valence-electron chi connectivity index (χ4n) is 1.52. The fourth-order valence-corrected chi connectivity index (χ4v) is 1.52. The summed E-state index contributed by atoms with van der Waals surface area (Å²) in [6.45, 7) is 2.44. The zero-order chi connectivity index (χ0) is 11.5. The molecule has 0 aliphatic heterocycles. The van der Waals surface area contributed by atoms with Gasteiger partial charge in [-0.3, -0.25) is 4.68 Å². The standard InChI is InChI=1S/C11H13FN4/c1-8-9(7-16(2)15-8)6-14-11-10(12)4-3-5-13-11/h3-5,7H,6H2,1-2H3,(H,13,14). The second-order valence-electron chi connectivity index (χ2n) is 3.60. The van der Waals surface area contributed by atoms with Gasteiger partial charge in [-0.05, 0) is 19.1 Å². The van der Waals surface area contributed by atoms with Crippen LogP contribution in [0.3, 0.4) is 0 Å². The van der Waals surface area contributed by atoms with E-state index in [9.17, 15) is 4.39 Å². The van der Waals surface area contributed by atoms with Crippen LogP contribution in [0.1, 0.15) is 11.3 Å². The van der Waals surface area contributed by atoms with Gasteiger partial charge >= 0.3 is 0 Å². The van der Waals surface area contributed by atoms with Gasteiger partial charge in [-0.25, -0.2) is 9.37 Å². The molecule has 2 heterocycles. The molecule has 84 valence electrons. The molecular weight excluding hydrogens is 207 g/mol. The molecule has 2 aromatic heterocycles. The van der Waals surface area contributed by atoms with E-state index in [1.165, 1.54) is 6.07 Å². The topological polar surface area (TPSA) is 42.7 Å². The summed E-state index contributed by atoms with van der Waals surface area (Å²) in [4.78, 5) is 3.92. The fraction of sp³-hybridized carbons (Fsp3) is 0.273. The van der Waals surface area contributed by atoms with E-state index < -0.39 is 0 Å². The molecule has 0 saturated carbocycles. The SMILES string of the molecule is Cc1nn(C)cc1CNc1ncccc1F. The van der Waals surface area contributed by atoms with Gasteiger partial charge in [0.05, 0.1) is 5.69 Å². The molecule has 0 aliphatic rings. The lowest BCUT2D eigenvalue weighted by molar-refractivity contribution is 0.624. The van der Waals surface area contributed by atoms with Crippen molar-refractivity contribution in [1.82, 2.24) is 14.8 Å². The van der Waals surface area contributed by atoms with Gasteiger partial charge in [-0.2, -0.15) is 5.10 Å². The van der Waals surface area contributed by atoms with Crippen LogP contribution < -0.4 is 5.32 Å². The van der Waals surface area contributed by atoms with Gasteiger partial charge in [0.25, 0.3) is 0 Å². The van der Waals surface area contributed by atoms with Crippen LogP contribution in [0.2, 0.25) is 0 Å². The smallest absolute Gasteiger partial charge is 0.165 e. The molecule has 0 aliphatic carbocycles. The molecule has 0 amide bonds. The Kier molecular flexibility index (Phi) is 2.85. The molecule has 0 spiro atoms. The highest BCUT2D eigenvalue weighted by atomic mass is 19.1. The number of nitrogens with zero attached hydrogens (tertiary/aromatic N) is 3. The number of nitrogens with one attached hydrogen (secondary N) is 1. The van der Waals surface area contributed by atoms with Crippen LogP contribution in [0, 0.1) is 12.7 Å². The number of hydrogen-bond acceptors (Lipinski definition) is 3. The maximum absolute atomic E-state index is 13.3. The highest BCUT2D eigenvalue weighted by molar-refractivity contribution is 5.36. The van der Waals surface area contributed by atoms with E-state index in [1.807, 2.05) is 20.2 Å². The minimum absolute atomic E-state index is 0.269. The molecule has 0 atom stereocenters. The summed E-state index contributed by atoms with van der Waals surface area (Å²) in [6, 6.07) is 2.95. The van der Waals surface area contributed by atoms with Crippen molar-refractivity contribution in [2.45, 2.75) is 13.5 Å². The van der Waals surface area contributed by atoms with E-state index >= 15 is 0 Å². The van der Waals surface area contributed by atoms with Crippen molar-refractivity contribution in [3.05, 3.63) is 41.6 Å². The monoisotopic (exact) mass is 220 g/mol. The lowest BCUT2D eigenvalue weighted by Crippen LogP contribution is -2.03. The molecule has 1 N–H and O–H groups in total. The second kappa shape index (κ2) is 4.30. The first-order chi connectivity index (χ1) is 7.66. The Morgan fingerprint density at radius 2 is 2.31 bits per heavy atom. The van der Waals surface area contributed by atoms with E-state index in [1.54, 1.807) is 16.9 Å². The van der Waals surface area contributed by atoms with Gasteiger partial charge in [0.2, 0.25) is 0 Å². The van der Waals surface area contributed by atoms with E-state index in [2.05, 4.69) is 15.4 Å². The molecule has 0 aromatic carbocycles. The van der Waals surface area contributed by atoms with Crippen LogP contribution in [-0.2, 0) is 13.6 Å². The molecule has 0 fully saturated rings. The predicted octanol–water partition coefficient (Wildman–Crippen LogP) is 1.87. The molecule has 2 aromatic rings. The lowest BCUT2D eigenvalue weighted by atomic mass is 10.2. The van der Waals surface area contributed by atoms with Crippen molar-refractivity contribution in [3.63, 3.8) is 0 Å². The summed E-state index contributed by atoms with van der Waals surface area (Å²) < 4.78 is 15.0. The summed E-state index contributed by atoms with van der Waals surface area (Å²) in [6.07, 6.45) is 3.46. The number of aromatic nitrogens is 3. The Hall–Kier alpha value is -1.91. The Balaban J connectivity index is 2.08. The van der Waals surface area contributed by atoms with Gasteiger partial charge in [0, 0.05) is 31.5 Å². The van der Waals surface area contributed by atoms with Gasteiger partial charge in [-0.1, -0.05) is 0 Å². The van der Waals surface area contributed by atoms with Crippen LogP contribution in [-0.4, -0.2) is 14.8 Å². The Morgan fingerprint density at radius 1 is 1.50 bits per heavy atom. The van der Waals surface area contributed by atoms with E-state index in [0.717, 1.165) is 11.3 Å². The molecule has 2 rings (SSSR count). The van der Waals surface area contributed by atoms with Crippen molar-refractivity contribution >= 4 is 5.82 Å². The maximum atomic E-state index is 13.3. The number of hydrogen-bond donors (Lipinski definition) is 1. The lowest BCUT2D eigenvalue weighted by Gasteiger charge is -2.04. The van der Waals surface area contributed by atoms with Crippen LogP contribution in [0.15, 0.2) is 24.5 Å². The van der Waals surface area contributed by atoms with Gasteiger partial charge in [0.15, 0.2) is 11.6 Å². The Labute approximate surface area is 93.1 Å². The Morgan fingerprint density at radius 3 is 2.94 bits per heavy atom. The number of aryl methyl sites for hydroxylation is 2. The molecular formula is C11H13FN4. The average molecular weight is 220 g/mol. The second-order valence-corrected chi connectivity index (χ2v) is 3.60. The molecule has 4 nitrogen and oxygen atoms in total. The zero-order valence-corrected chi connectivity index (χ0v) is 9.24. The van der Waals surface area contributed by atoms with Crippen LogP contribution in [0.4, 0.5) is 10.2 Å². The van der Waals surface area contributed by atoms with E-state index in [-0.39, 0.29) is 11.6 Å². The summed E-state index contributed by atoms with van der Waals surface area (Å²) in [5.74, 6) is -0.0743. The summed E-state index contributed by atoms with van der Waals surface area (Å²) in [5.41, 5.74) is 1.97. The third-order valence-electron chi connectivity index (χ3n) is 2.32. The van der Waals surface area contributed by atoms with Crippen molar-refractivity contribution in [1.29, 1.82) is 0 Å². The normalized spacial score (nSPS) is 10.4. The quantitative estimate of drug-likeness (QED) is 0.858. The van der Waals surface area contributed by atoms with Gasteiger partial charge in [0.1, 0.15) is 0 Å². The first-order valence-corrected chi connectivity index (χ1v) is 5.00. The van der Waals surface area contributed by atoms with Crippen LogP contribution in [0.5, 0.6) is 0 Å². The molecule has 0 bridgehead atoms. The largest absolute Gasteiger partial charge is 0.363 e. The summed E-state index contributed by atoms with van der Waals surface area (Å²) in [5, 5.41) is 7.15. The third kappa shape index (κ3) is 2.18. The summed E-state index contributed by atoms with van der Waals surface area (Å²) >= 11 is 0. The zero-order valence-electron chi connectivity index (χ0n) is 9.24. The van der Waals surface area contributed by atoms with Crippen LogP contribution in [0.25, 0.3) is 0 Å². The van der Waals surface area contributed by atoms with Gasteiger partial charge < -0.3 is 5.32 Å². The van der Waals surface area contributed by atoms with Crippen molar-refractivity contribution in [3.8, 4) is 0 Å². The highest BCUT2D eigenvalue weighted by Crippen LogP contribution is 2.11. The first-order valence-electron chi connectivity index (χ1n) is 5.00. The number of pyridine rings is 1. The average Bonchev–Trinajstić information content (AvgIpc) is 2.56. The van der Waals surface area contributed by atoms with Crippen molar-refractivity contribution < 1.29 is 4.39 Å². The van der Waals surface area contributed by atoms with E-state index in [4.69, 9.17) is 0 Å². The van der Waals surface area contributed by atoms with Crippen molar-refractivity contribution in [2.24, 2.45) is 7.05 Å². The molecule has 5 heteroatoms. The Bertz CT molecular complexity index is 492. The van der Waals surface area contributed by atoms with Crippen molar-refractivity contribution in [2.75, 3.05) is 5.32 Å². The number of halogens is 1. The maximum Gasteiger partial charge on any atom is 0.165 e. The number of rotatable bonds is 3. The van der Waals surface area contributed by atoms with Gasteiger partial charge in [-0.15, -0.1) is 0 Å². The molecule has 0 saturated heterocycles. The molecule has 16 heavy (non-hydrogen) atoms. The predicted molar refractivity (Wildman–Crippen MR) is 59.5 cm³/mol. The molecule has 0 unspecified atom stereocenters. The molecule has 0 radical (unpaired) electrons. The van der Waals surface area contributed by atoms with E-state index in [0.29, 0.717) is 6.54 Å². The first kappa shape index (κ1) is 10.6. The highest BCUT2D eigenvalue weighted by Gasteiger charge is 2.05. The summed E-state index contributed by atoms with van der Waals surface area (Å²) in [7, 11) is 1.86. The third-order valence-corrected chi connectivity index (χ3v) is 2.32. The minimum Gasteiger partial charge on any atom is -0.363 e. The number of anilines is 1.